The first-order chi connectivity index (χ1) is 14.1. The molecule has 29 heavy (non-hydrogen) atoms. The van der Waals surface area contributed by atoms with Crippen LogP contribution in [0.5, 0.6) is 0 Å². The van der Waals surface area contributed by atoms with Crippen LogP contribution in [-0.2, 0) is 12.8 Å². The SMILES string of the molecule is Cc1cc(CCc2c[nH]c3ccccc23)oc(=O)c1C(=O)N1CC[C@@H]2NCC[C@@H]21. The van der Waals surface area contributed by atoms with Gasteiger partial charge in [0.2, 0.25) is 0 Å². The number of aryl methyl sites for hydroxylation is 3. The Balaban J connectivity index is 1.35. The predicted octanol–water partition coefficient (Wildman–Crippen LogP) is 2.79. The van der Waals surface area contributed by atoms with Crippen LogP contribution in [-0.4, -0.2) is 41.0 Å². The van der Waals surface area contributed by atoms with Crippen LogP contribution in [0.4, 0.5) is 0 Å². The van der Waals surface area contributed by atoms with Gasteiger partial charge in [-0.25, -0.2) is 4.79 Å². The van der Waals surface area contributed by atoms with Gasteiger partial charge in [0.15, 0.2) is 0 Å². The third-order valence-electron chi connectivity index (χ3n) is 6.38. The van der Waals surface area contributed by atoms with Crippen LogP contribution in [0.2, 0.25) is 0 Å². The number of fused-ring (bicyclic) bond motifs is 2. The predicted molar refractivity (Wildman–Crippen MR) is 111 cm³/mol. The van der Waals surface area contributed by atoms with Crippen molar-refractivity contribution in [2.75, 3.05) is 13.1 Å². The number of nitrogens with one attached hydrogen (secondary N) is 2. The van der Waals surface area contributed by atoms with Crippen LogP contribution in [0.15, 0.2) is 45.7 Å². The molecule has 1 aromatic carbocycles. The maximum absolute atomic E-state index is 13.1. The monoisotopic (exact) mass is 391 g/mol. The van der Waals surface area contributed by atoms with Crippen molar-refractivity contribution in [3.05, 3.63) is 69.4 Å². The van der Waals surface area contributed by atoms with Gasteiger partial charge in [-0.3, -0.25) is 4.79 Å². The minimum atomic E-state index is -0.515. The second-order valence-electron chi connectivity index (χ2n) is 8.12. The summed E-state index contributed by atoms with van der Waals surface area (Å²) in [5.74, 6) is 0.437. The van der Waals surface area contributed by atoms with Gasteiger partial charge in [-0.1, -0.05) is 18.2 Å². The third kappa shape index (κ3) is 3.17. The van der Waals surface area contributed by atoms with Gasteiger partial charge in [0.25, 0.3) is 5.91 Å². The van der Waals surface area contributed by atoms with Crippen LogP contribution in [0.3, 0.4) is 0 Å². The van der Waals surface area contributed by atoms with E-state index in [1.165, 1.54) is 10.9 Å². The molecule has 2 aliphatic rings. The number of carbonyl (C=O) groups excluding carboxylic acids is 1. The van der Waals surface area contributed by atoms with E-state index in [0.717, 1.165) is 31.3 Å². The number of nitrogens with zero attached hydrogens (tertiary/aromatic N) is 1. The molecule has 150 valence electrons. The number of amides is 1. The Labute approximate surface area is 168 Å². The van der Waals surface area contributed by atoms with E-state index in [1.807, 2.05) is 42.3 Å². The molecule has 1 amide bonds. The second kappa shape index (κ2) is 7.19. The fraction of sp³-hybridized carbons (Fsp3) is 0.391. The number of aromatic nitrogens is 1. The van der Waals surface area contributed by atoms with Gasteiger partial charge < -0.3 is 19.6 Å². The molecule has 0 unspecified atom stereocenters. The average Bonchev–Trinajstić information content (AvgIpc) is 3.41. The smallest absolute Gasteiger partial charge is 0.349 e. The minimum absolute atomic E-state index is 0.185. The number of para-hydroxylation sites is 1. The lowest BCUT2D eigenvalue weighted by Gasteiger charge is -2.23. The standard InChI is InChI=1S/C23H25N3O3/c1-14-12-16(7-6-15-13-25-18-5-3-2-4-17(15)18)29-23(28)21(14)22(27)26-11-9-19-20(26)8-10-24-19/h2-5,12-13,19-20,24-25H,6-11H2,1H3/t19-,20-/m0/s1. The van der Waals surface area contributed by atoms with E-state index in [2.05, 4.69) is 16.4 Å². The first-order valence-electron chi connectivity index (χ1n) is 10.3. The maximum Gasteiger partial charge on any atom is 0.349 e. The Morgan fingerprint density at radius 1 is 1.24 bits per heavy atom. The Kier molecular flexibility index (Phi) is 4.51. The third-order valence-corrected chi connectivity index (χ3v) is 6.38. The highest BCUT2D eigenvalue weighted by Gasteiger charge is 2.41. The average molecular weight is 391 g/mol. The fourth-order valence-electron chi connectivity index (χ4n) is 4.91. The van der Waals surface area contributed by atoms with E-state index in [0.29, 0.717) is 30.3 Å². The largest absolute Gasteiger partial charge is 0.427 e. The Morgan fingerprint density at radius 3 is 2.97 bits per heavy atom. The van der Waals surface area contributed by atoms with E-state index >= 15 is 0 Å². The lowest BCUT2D eigenvalue weighted by Crippen LogP contribution is -2.40. The zero-order valence-electron chi connectivity index (χ0n) is 16.5. The quantitative estimate of drug-likeness (QED) is 0.717. The molecule has 2 atom stereocenters. The van der Waals surface area contributed by atoms with E-state index in [1.54, 1.807) is 0 Å². The number of likely N-dealkylation sites (tertiary alicyclic amines) is 1. The normalized spacial score (nSPS) is 21.1. The van der Waals surface area contributed by atoms with Crippen LogP contribution >= 0.6 is 0 Å². The number of hydrogen-bond acceptors (Lipinski definition) is 4. The van der Waals surface area contributed by atoms with Crippen molar-refractivity contribution in [2.45, 2.75) is 44.7 Å². The molecule has 4 heterocycles. The van der Waals surface area contributed by atoms with Crippen molar-refractivity contribution in [1.82, 2.24) is 15.2 Å². The van der Waals surface area contributed by atoms with E-state index in [4.69, 9.17) is 4.42 Å². The van der Waals surface area contributed by atoms with Gasteiger partial charge in [-0.2, -0.15) is 0 Å². The highest BCUT2D eigenvalue weighted by atomic mass is 16.4. The molecule has 0 bridgehead atoms. The van der Waals surface area contributed by atoms with Crippen LogP contribution in [0.1, 0.15) is 40.1 Å². The van der Waals surface area contributed by atoms with Crippen LogP contribution in [0, 0.1) is 6.92 Å². The van der Waals surface area contributed by atoms with Gasteiger partial charge in [0.1, 0.15) is 11.3 Å². The molecular formula is C23H25N3O3. The number of benzene rings is 1. The highest BCUT2D eigenvalue weighted by molar-refractivity contribution is 5.95. The van der Waals surface area contributed by atoms with E-state index < -0.39 is 5.63 Å². The summed E-state index contributed by atoms with van der Waals surface area (Å²) in [4.78, 5) is 30.9. The Morgan fingerprint density at radius 2 is 2.10 bits per heavy atom. The zero-order chi connectivity index (χ0) is 20.0. The summed E-state index contributed by atoms with van der Waals surface area (Å²) in [7, 11) is 0. The van der Waals surface area contributed by atoms with E-state index in [-0.39, 0.29) is 17.5 Å². The topological polar surface area (TPSA) is 78.3 Å². The number of aromatic amines is 1. The molecular weight excluding hydrogens is 366 g/mol. The zero-order valence-corrected chi connectivity index (χ0v) is 16.5. The number of rotatable bonds is 4. The lowest BCUT2D eigenvalue weighted by molar-refractivity contribution is 0.0731. The molecule has 2 N–H and O–H groups in total. The lowest BCUT2D eigenvalue weighted by atomic mass is 10.0. The van der Waals surface area contributed by atoms with Gasteiger partial charge in [0, 0.05) is 42.1 Å². The van der Waals surface area contributed by atoms with Crippen LogP contribution < -0.4 is 10.9 Å². The molecule has 0 saturated carbocycles. The van der Waals surface area contributed by atoms with Crippen molar-refractivity contribution in [3.63, 3.8) is 0 Å². The minimum Gasteiger partial charge on any atom is -0.427 e. The van der Waals surface area contributed by atoms with Gasteiger partial charge in [-0.05, 0) is 56.0 Å². The Bertz CT molecular complexity index is 1130. The van der Waals surface area contributed by atoms with Crippen molar-refractivity contribution >= 4 is 16.8 Å². The number of hydrogen-bond donors (Lipinski definition) is 2. The van der Waals surface area contributed by atoms with Gasteiger partial charge in [-0.15, -0.1) is 0 Å². The molecule has 2 aliphatic heterocycles. The highest BCUT2D eigenvalue weighted by Crippen LogP contribution is 2.27. The first-order valence-corrected chi connectivity index (χ1v) is 10.3. The summed E-state index contributed by atoms with van der Waals surface area (Å²) < 4.78 is 5.56. The molecule has 3 aromatic rings. The molecule has 0 aliphatic carbocycles. The van der Waals surface area contributed by atoms with Gasteiger partial charge >= 0.3 is 5.63 Å². The second-order valence-corrected chi connectivity index (χ2v) is 8.12. The van der Waals surface area contributed by atoms with Crippen LogP contribution in [0.25, 0.3) is 10.9 Å². The molecule has 6 nitrogen and oxygen atoms in total. The van der Waals surface area contributed by atoms with Gasteiger partial charge in [0.05, 0.1) is 0 Å². The van der Waals surface area contributed by atoms with Crippen molar-refractivity contribution in [2.24, 2.45) is 0 Å². The summed E-state index contributed by atoms with van der Waals surface area (Å²) in [6.07, 6.45) is 5.28. The summed E-state index contributed by atoms with van der Waals surface area (Å²) in [6, 6.07) is 10.6. The van der Waals surface area contributed by atoms with Crippen molar-refractivity contribution < 1.29 is 9.21 Å². The maximum atomic E-state index is 13.1. The summed E-state index contributed by atoms with van der Waals surface area (Å²) in [5, 5.41) is 4.63. The molecule has 5 rings (SSSR count). The molecule has 2 fully saturated rings. The molecule has 2 aromatic heterocycles. The summed E-state index contributed by atoms with van der Waals surface area (Å²) >= 11 is 0. The first kappa shape index (κ1) is 18.2. The summed E-state index contributed by atoms with van der Waals surface area (Å²) in [5.41, 5.74) is 2.67. The van der Waals surface area contributed by atoms with Crippen molar-refractivity contribution in [1.29, 1.82) is 0 Å². The number of H-pyrrole nitrogens is 1. The Hall–Kier alpha value is -2.86. The molecule has 6 heteroatoms. The molecule has 2 saturated heterocycles. The van der Waals surface area contributed by atoms with Crippen molar-refractivity contribution in [3.8, 4) is 0 Å². The summed E-state index contributed by atoms with van der Waals surface area (Å²) in [6.45, 7) is 3.46. The molecule has 0 radical (unpaired) electrons. The van der Waals surface area contributed by atoms with E-state index in [9.17, 15) is 9.59 Å². The fourth-order valence-corrected chi connectivity index (χ4v) is 4.91. The number of carbonyl (C=O) groups is 1. The molecule has 0 spiro atoms.